The number of thioether (sulfide) groups is 1. The highest BCUT2D eigenvalue weighted by atomic mass is 32.2. The van der Waals surface area contributed by atoms with E-state index in [4.69, 9.17) is 0 Å². The summed E-state index contributed by atoms with van der Waals surface area (Å²) in [5.74, 6) is 0. The molecule has 1 aromatic heterocycles. The zero-order chi connectivity index (χ0) is 8.97. The molecule has 12 heavy (non-hydrogen) atoms. The van der Waals surface area contributed by atoms with Gasteiger partial charge in [-0.05, 0) is 18.4 Å². The van der Waals surface area contributed by atoms with Crippen LogP contribution in [0.1, 0.15) is 11.3 Å². The Balaban J connectivity index is 3.11. The zero-order valence-electron chi connectivity index (χ0n) is 7.08. The molecule has 0 aromatic carbocycles. The van der Waals surface area contributed by atoms with Gasteiger partial charge >= 0.3 is 0 Å². The lowest BCUT2D eigenvalue weighted by Crippen LogP contribution is -1.84. The minimum Gasteiger partial charge on any atom is -0.261 e. The SMILES string of the molecule is C=CSc1cc(C)ncc1C=C. The summed E-state index contributed by atoms with van der Waals surface area (Å²) in [5, 5.41) is 1.81. The Morgan fingerprint density at radius 2 is 2.25 bits per heavy atom. The molecule has 1 rings (SSSR count). The quantitative estimate of drug-likeness (QED) is 0.657. The lowest BCUT2D eigenvalue weighted by Gasteiger charge is -2.02. The maximum absolute atomic E-state index is 4.17. The van der Waals surface area contributed by atoms with E-state index in [1.54, 1.807) is 17.8 Å². The first-order chi connectivity index (χ1) is 5.77. The lowest BCUT2D eigenvalue weighted by molar-refractivity contribution is 1.15. The maximum atomic E-state index is 4.17. The fraction of sp³-hybridized carbons (Fsp3) is 0.100. The van der Waals surface area contributed by atoms with Crippen molar-refractivity contribution in [3.63, 3.8) is 0 Å². The van der Waals surface area contributed by atoms with E-state index < -0.39 is 0 Å². The summed E-state index contributed by atoms with van der Waals surface area (Å²) in [6.45, 7) is 9.36. The molecule has 1 heterocycles. The van der Waals surface area contributed by atoms with Crippen molar-refractivity contribution in [2.24, 2.45) is 0 Å². The molecule has 0 aliphatic carbocycles. The molecule has 62 valence electrons. The average molecular weight is 177 g/mol. The Bertz CT molecular complexity index is 305. The molecular weight excluding hydrogens is 166 g/mol. The molecule has 0 amide bonds. The van der Waals surface area contributed by atoms with Gasteiger partial charge in [-0.25, -0.2) is 0 Å². The van der Waals surface area contributed by atoms with Crippen LogP contribution in [-0.2, 0) is 0 Å². The van der Waals surface area contributed by atoms with Gasteiger partial charge in [0.25, 0.3) is 0 Å². The molecular formula is C10H11NS. The molecule has 0 N–H and O–H groups in total. The monoisotopic (exact) mass is 177 g/mol. The number of aryl methyl sites for hydroxylation is 1. The van der Waals surface area contributed by atoms with Crippen LogP contribution in [0.15, 0.2) is 35.7 Å². The van der Waals surface area contributed by atoms with Crippen molar-refractivity contribution in [1.82, 2.24) is 4.98 Å². The van der Waals surface area contributed by atoms with Gasteiger partial charge in [-0.2, -0.15) is 0 Å². The van der Waals surface area contributed by atoms with Gasteiger partial charge in [-0.15, -0.1) is 0 Å². The minimum atomic E-state index is 1.02. The lowest BCUT2D eigenvalue weighted by atomic mass is 10.2. The predicted octanol–water partition coefficient (Wildman–Crippen LogP) is 3.27. The van der Waals surface area contributed by atoms with E-state index >= 15 is 0 Å². The molecule has 0 fully saturated rings. The van der Waals surface area contributed by atoms with Crippen LogP contribution in [0.3, 0.4) is 0 Å². The second-order valence-electron chi connectivity index (χ2n) is 2.35. The number of nitrogens with zero attached hydrogens (tertiary/aromatic N) is 1. The molecule has 0 bridgehead atoms. The smallest absolute Gasteiger partial charge is 0.0384 e. The molecule has 0 radical (unpaired) electrons. The molecule has 1 aromatic rings. The topological polar surface area (TPSA) is 12.9 Å². The van der Waals surface area contributed by atoms with E-state index in [0.29, 0.717) is 0 Å². The maximum Gasteiger partial charge on any atom is 0.0384 e. The zero-order valence-corrected chi connectivity index (χ0v) is 7.90. The van der Waals surface area contributed by atoms with Crippen LogP contribution >= 0.6 is 11.8 Å². The number of pyridine rings is 1. The van der Waals surface area contributed by atoms with Crippen molar-refractivity contribution in [3.8, 4) is 0 Å². The highest BCUT2D eigenvalue weighted by molar-refractivity contribution is 8.02. The molecule has 0 aliphatic heterocycles. The van der Waals surface area contributed by atoms with Crippen molar-refractivity contribution in [1.29, 1.82) is 0 Å². The van der Waals surface area contributed by atoms with Crippen LogP contribution in [0.2, 0.25) is 0 Å². The van der Waals surface area contributed by atoms with Crippen molar-refractivity contribution in [2.75, 3.05) is 0 Å². The minimum absolute atomic E-state index is 1.02. The molecule has 1 nitrogen and oxygen atoms in total. The third-order valence-electron chi connectivity index (χ3n) is 1.46. The van der Waals surface area contributed by atoms with Crippen LogP contribution < -0.4 is 0 Å². The molecule has 0 saturated carbocycles. The summed E-state index contributed by atoms with van der Waals surface area (Å²) in [6.07, 6.45) is 3.63. The standard InChI is InChI=1S/C10H11NS/c1-4-9-7-11-8(3)6-10(9)12-5-2/h4-7H,1-2H2,3H3. The van der Waals surface area contributed by atoms with Gasteiger partial charge in [0, 0.05) is 22.3 Å². The first kappa shape index (κ1) is 9.07. The fourth-order valence-corrected chi connectivity index (χ4v) is 1.58. The number of hydrogen-bond acceptors (Lipinski definition) is 2. The van der Waals surface area contributed by atoms with Gasteiger partial charge in [0.2, 0.25) is 0 Å². The van der Waals surface area contributed by atoms with Crippen molar-refractivity contribution >= 4 is 17.8 Å². The Morgan fingerprint density at radius 3 is 2.83 bits per heavy atom. The van der Waals surface area contributed by atoms with E-state index in [9.17, 15) is 0 Å². The number of rotatable bonds is 3. The Morgan fingerprint density at radius 1 is 1.50 bits per heavy atom. The Kier molecular flexibility index (Phi) is 3.11. The van der Waals surface area contributed by atoms with E-state index in [-0.39, 0.29) is 0 Å². The molecule has 2 heteroatoms. The molecule has 0 atom stereocenters. The van der Waals surface area contributed by atoms with Gasteiger partial charge in [0.1, 0.15) is 0 Å². The third kappa shape index (κ3) is 1.98. The summed E-state index contributed by atoms with van der Waals surface area (Å²) in [6, 6.07) is 2.03. The number of aromatic nitrogens is 1. The van der Waals surface area contributed by atoms with Crippen molar-refractivity contribution in [3.05, 3.63) is 42.1 Å². The first-order valence-electron chi connectivity index (χ1n) is 3.64. The van der Waals surface area contributed by atoms with Gasteiger partial charge < -0.3 is 0 Å². The number of hydrogen-bond donors (Lipinski definition) is 0. The normalized spacial score (nSPS) is 9.42. The molecule has 0 aliphatic rings. The van der Waals surface area contributed by atoms with Crippen LogP contribution in [0.4, 0.5) is 0 Å². The molecule has 0 unspecified atom stereocenters. The summed E-state index contributed by atoms with van der Waals surface area (Å²) in [4.78, 5) is 5.33. The summed E-state index contributed by atoms with van der Waals surface area (Å²) in [7, 11) is 0. The van der Waals surface area contributed by atoms with Crippen molar-refractivity contribution in [2.45, 2.75) is 11.8 Å². The van der Waals surface area contributed by atoms with Crippen molar-refractivity contribution < 1.29 is 0 Å². The van der Waals surface area contributed by atoms with Gasteiger partial charge in [0.15, 0.2) is 0 Å². The van der Waals surface area contributed by atoms with E-state index in [0.717, 1.165) is 16.2 Å². The van der Waals surface area contributed by atoms with Crippen LogP contribution in [0.5, 0.6) is 0 Å². The first-order valence-corrected chi connectivity index (χ1v) is 4.52. The summed E-state index contributed by atoms with van der Waals surface area (Å²) >= 11 is 1.59. The summed E-state index contributed by atoms with van der Waals surface area (Å²) in [5.41, 5.74) is 2.08. The van der Waals surface area contributed by atoms with Crippen LogP contribution in [-0.4, -0.2) is 4.98 Å². The van der Waals surface area contributed by atoms with E-state index in [1.165, 1.54) is 0 Å². The summed E-state index contributed by atoms with van der Waals surface area (Å²) < 4.78 is 0. The second kappa shape index (κ2) is 4.12. The average Bonchev–Trinajstić information content (AvgIpc) is 2.05. The Labute approximate surface area is 77.2 Å². The van der Waals surface area contributed by atoms with Crippen LogP contribution in [0.25, 0.3) is 6.08 Å². The Hall–Kier alpha value is -1.02. The molecule has 0 spiro atoms. The largest absolute Gasteiger partial charge is 0.261 e. The highest BCUT2D eigenvalue weighted by Gasteiger charge is 1.98. The van der Waals surface area contributed by atoms with E-state index in [1.807, 2.05) is 24.6 Å². The second-order valence-corrected chi connectivity index (χ2v) is 3.36. The highest BCUT2D eigenvalue weighted by Crippen LogP contribution is 2.23. The van der Waals surface area contributed by atoms with Gasteiger partial charge in [0.05, 0.1) is 0 Å². The predicted molar refractivity (Wildman–Crippen MR) is 55.1 cm³/mol. The molecule has 0 saturated heterocycles. The fourth-order valence-electron chi connectivity index (χ4n) is 0.890. The van der Waals surface area contributed by atoms with E-state index in [2.05, 4.69) is 18.1 Å². The van der Waals surface area contributed by atoms with Gasteiger partial charge in [-0.1, -0.05) is 31.0 Å². The third-order valence-corrected chi connectivity index (χ3v) is 2.24. The van der Waals surface area contributed by atoms with Crippen LogP contribution in [0, 0.1) is 6.92 Å². The van der Waals surface area contributed by atoms with Gasteiger partial charge in [-0.3, -0.25) is 4.98 Å².